The van der Waals surface area contributed by atoms with E-state index in [-0.39, 0.29) is 24.0 Å². The minimum Gasteiger partial charge on any atom is -0.497 e. The second-order valence-corrected chi connectivity index (χ2v) is 6.74. The summed E-state index contributed by atoms with van der Waals surface area (Å²) in [5, 5.41) is 6.69. The van der Waals surface area contributed by atoms with Crippen LogP contribution >= 0.6 is 24.0 Å². The van der Waals surface area contributed by atoms with E-state index >= 15 is 0 Å². The third-order valence-electron chi connectivity index (χ3n) is 4.93. The molecule has 0 saturated heterocycles. The van der Waals surface area contributed by atoms with E-state index in [4.69, 9.17) is 14.2 Å². The van der Waals surface area contributed by atoms with Gasteiger partial charge in [0.05, 0.1) is 20.3 Å². The highest BCUT2D eigenvalue weighted by molar-refractivity contribution is 14.0. The summed E-state index contributed by atoms with van der Waals surface area (Å²) >= 11 is 0. The molecule has 0 unspecified atom stereocenters. The number of guanidine groups is 1. The summed E-state index contributed by atoms with van der Waals surface area (Å²) in [6.07, 6.45) is 3.92. The lowest BCUT2D eigenvalue weighted by Gasteiger charge is -2.27. The van der Waals surface area contributed by atoms with Crippen molar-refractivity contribution in [2.45, 2.75) is 38.5 Å². The van der Waals surface area contributed by atoms with Crippen molar-refractivity contribution < 1.29 is 14.2 Å². The number of nitrogens with one attached hydrogen (secondary N) is 2. The molecule has 0 atom stereocenters. The molecular formula is C22H30IN3O3. The second kappa shape index (κ2) is 11.7. The first kappa shape index (κ1) is 23.1. The first-order chi connectivity index (χ1) is 13.7. The monoisotopic (exact) mass is 511 g/mol. The standard InChI is InChI=1S/C22H29N3O3.HI/c1-23-22(25-15-17-11-12-19(26-2)13-21(17)27-3)24-14-16-7-4-5-10-20(16)28-18-8-6-9-18;/h4-5,7,10-13,18H,6,8-9,14-15H2,1-3H3,(H2,23,24,25);1H. The fourth-order valence-corrected chi connectivity index (χ4v) is 3.01. The lowest BCUT2D eigenvalue weighted by molar-refractivity contribution is 0.119. The lowest BCUT2D eigenvalue weighted by Crippen LogP contribution is -2.36. The fourth-order valence-electron chi connectivity index (χ4n) is 3.01. The van der Waals surface area contributed by atoms with E-state index < -0.39 is 0 Å². The normalized spacial score (nSPS) is 13.7. The van der Waals surface area contributed by atoms with Gasteiger partial charge in [0.25, 0.3) is 0 Å². The Morgan fingerprint density at radius 3 is 2.24 bits per heavy atom. The van der Waals surface area contributed by atoms with Crippen molar-refractivity contribution in [1.29, 1.82) is 0 Å². The molecule has 2 aromatic carbocycles. The Hall–Kier alpha value is -2.16. The highest BCUT2D eigenvalue weighted by Crippen LogP contribution is 2.27. The molecule has 2 aromatic rings. The zero-order valence-electron chi connectivity index (χ0n) is 17.2. The van der Waals surface area contributed by atoms with Crippen LogP contribution in [0.1, 0.15) is 30.4 Å². The smallest absolute Gasteiger partial charge is 0.191 e. The van der Waals surface area contributed by atoms with Crippen LogP contribution in [0.3, 0.4) is 0 Å². The first-order valence-electron chi connectivity index (χ1n) is 9.63. The van der Waals surface area contributed by atoms with E-state index in [1.165, 1.54) is 6.42 Å². The highest BCUT2D eigenvalue weighted by atomic mass is 127. The quantitative estimate of drug-likeness (QED) is 0.317. The molecule has 0 bridgehead atoms. The van der Waals surface area contributed by atoms with Crippen molar-refractivity contribution in [3.8, 4) is 17.2 Å². The van der Waals surface area contributed by atoms with E-state index in [2.05, 4.69) is 21.7 Å². The van der Waals surface area contributed by atoms with Gasteiger partial charge < -0.3 is 24.8 Å². The topological polar surface area (TPSA) is 64.1 Å². The number of rotatable bonds is 8. The molecule has 158 valence electrons. The Morgan fingerprint density at radius 2 is 1.66 bits per heavy atom. The number of nitrogens with zero attached hydrogens (tertiary/aromatic N) is 1. The van der Waals surface area contributed by atoms with Gasteiger partial charge in [-0.3, -0.25) is 4.99 Å². The molecule has 6 nitrogen and oxygen atoms in total. The molecule has 1 aliphatic carbocycles. The molecule has 29 heavy (non-hydrogen) atoms. The number of ether oxygens (including phenoxy) is 3. The molecule has 0 heterocycles. The van der Waals surface area contributed by atoms with E-state index in [0.717, 1.165) is 47.2 Å². The summed E-state index contributed by atoms with van der Waals surface area (Å²) in [6.45, 7) is 1.23. The minimum atomic E-state index is 0. The van der Waals surface area contributed by atoms with Gasteiger partial charge in [-0.05, 0) is 37.5 Å². The van der Waals surface area contributed by atoms with Gasteiger partial charge in [-0.2, -0.15) is 0 Å². The van der Waals surface area contributed by atoms with E-state index in [1.54, 1.807) is 21.3 Å². The van der Waals surface area contributed by atoms with Crippen LogP contribution in [0.2, 0.25) is 0 Å². The van der Waals surface area contributed by atoms with Crippen molar-refractivity contribution in [1.82, 2.24) is 10.6 Å². The number of hydrogen-bond donors (Lipinski definition) is 2. The SMILES string of the molecule is CN=C(NCc1ccc(OC)cc1OC)NCc1ccccc1OC1CCC1.I. The van der Waals surface area contributed by atoms with Gasteiger partial charge in [0, 0.05) is 37.3 Å². The van der Waals surface area contributed by atoms with Crippen LogP contribution in [0.4, 0.5) is 0 Å². The Balaban J connectivity index is 0.00000300. The Bertz CT molecular complexity index is 810. The predicted molar refractivity (Wildman–Crippen MR) is 127 cm³/mol. The van der Waals surface area contributed by atoms with Crippen molar-refractivity contribution in [3.05, 3.63) is 53.6 Å². The molecule has 0 amide bonds. The van der Waals surface area contributed by atoms with Gasteiger partial charge in [0.2, 0.25) is 0 Å². The van der Waals surface area contributed by atoms with Crippen LogP contribution < -0.4 is 24.8 Å². The van der Waals surface area contributed by atoms with Crippen molar-refractivity contribution in [2.75, 3.05) is 21.3 Å². The molecule has 0 spiro atoms. The van der Waals surface area contributed by atoms with E-state index in [9.17, 15) is 0 Å². The van der Waals surface area contributed by atoms with Crippen LogP contribution in [0.25, 0.3) is 0 Å². The maximum Gasteiger partial charge on any atom is 0.191 e. The number of hydrogen-bond acceptors (Lipinski definition) is 4. The molecule has 1 aliphatic rings. The van der Waals surface area contributed by atoms with Crippen LogP contribution in [0.15, 0.2) is 47.5 Å². The number of para-hydroxylation sites is 1. The number of halogens is 1. The average molecular weight is 511 g/mol. The Morgan fingerprint density at radius 1 is 0.966 bits per heavy atom. The van der Waals surface area contributed by atoms with Crippen LogP contribution in [-0.2, 0) is 13.1 Å². The fraction of sp³-hybridized carbons (Fsp3) is 0.409. The van der Waals surface area contributed by atoms with E-state index in [0.29, 0.717) is 19.2 Å². The molecule has 3 rings (SSSR count). The summed E-state index contributed by atoms with van der Waals surface area (Å²) < 4.78 is 16.8. The Labute approximate surface area is 190 Å². The maximum atomic E-state index is 6.10. The van der Waals surface area contributed by atoms with Gasteiger partial charge in [-0.25, -0.2) is 0 Å². The molecule has 2 N–H and O–H groups in total. The molecule has 1 saturated carbocycles. The average Bonchev–Trinajstić information content (AvgIpc) is 2.71. The molecule has 0 aliphatic heterocycles. The zero-order chi connectivity index (χ0) is 19.8. The summed E-state index contributed by atoms with van der Waals surface area (Å²) in [5.41, 5.74) is 2.15. The molecule has 1 fully saturated rings. The van der Waals surface area contributed by atoms with Gasteiger partial charge in [-0.15, -0.1) is 24.0 Å². The van der Waals surface area contributed by atoms with Gasteiger partial charge in [0.1, 0.15) is 17.2 Å². The largest absolute Gasteiger partial charge is 0.497 e. The highest BCUT2D eigenvalue weighted by Gasteiger charge is 2.20. The number of aliphatic imine (C=N–C) groups is 1. The molecular weight excluding hydrogens is 481 g/mol. The summed E-state index contributed by atoms with van der Waals surface area (Å²) in [6, 6.07) is 13.9. The van der Waals surface area contributed by atoms with Crippen LogP contribution in [0.5, 0.6) is 17.2 Å². The predicted octanol–water partition coefficient (Wildman–Crippen LogP) is 4.12. The second-order valence-electron chi connectivity index (χ2n) is 6.74. The minimum absolute atomic E-state index is 0. The van der Waals surface area contributed by atoms with Crippen molar-refractivity contribution in [3.63, 3.8) is 0 Å². The maximum absolute atomic E-state index is 6.10. The first-order valence-corrected chi connectivity index (χ1v) is 9.63. The lowest BCUT2D eigenvalue weighted by atomic mass is 9.96. The summed E-state index contributed by atoms with van der Waals surface area (Å²) in [5.74, 6) is 3.22. The zero-order valence-corrected chi connectivity index (χ0v) is 19.6. The van der Waals surface area contributed by atoms with Gasteiger partial charge >= 0.3 is 0 Å². The third kappa shape index (κ3) is 6.42. The Kier molecular flexibility index (Phi) is 9.37. The summed E-state index contributed by atoms with van der Waals surface area (Å²) in [7, 11) is 5.06. The van der Waals surface area contributed by atoms with E-state index in [1.807, 2.05) is 36.4 Å². The van der Waals surface area contributed by atoms with Crippen molar-refractivity contribution in [2.24, 2.45) is 4.99 Å². The number of benzene rings is 2. The third-order valence-corrected chi connectivity index (χ3v) is 4.93. The van der Waals surface area contributed by atoms with Gasteiger partial charge in [-0.1, -0.05) is 18.2 Å². The molecule has 0 radical (unpaired) electrons. The molecule has 7 heteroatoms. The summed E-state index contributed by atoms with van der Waals surface area (Å²) in [4.78, 5) is 4.31. The van der Waals surface area contributed by atoms with Crippen LogP contribution in [0, 0.1) is 0 Å². The number of methoxy groups -OCH3 is 2. The van der Waals surface area contributed by atoms with Gasteiger partial charge in [0.15, 0.2) is 5.96 Å². The molecule has 0 aromatic heterocycles. The van der Waals surface area contributed by atoms with Crippen molar-refractivity contribution >= 4 is 29.9 Å². The van der Waals surface area contributed by atoms with Crippen LogP contribution in [-0.4, -0.2) is 33.3 Å².